The van der Waals surface area contributed by atoms with Gasteiger partial charge in [-0.3, -0.25) is 4.98 Å². The number of aryl methyl sites for hydroxylation is 2. The van der Waals surface area contributed by atoms with Crippen molar-refractivity contribution in [1.29, 1.82) is 0 Å². The van der Waals surface area contributed by atoms with Crippen LogP contribution in [-0.4, -0.2) is 11.0 Å². The maximum atomic E-state index is 12.3. The van der Waals surface area contributed by atoms with E-state index in [1.54, 1.807) is 12.3 Å². The fourth-order valence-electron chi connectivity index (χ4n) is 2.31. The van der Waals surface area contributed by atoms with Crippen molar-refractivity contribution < 1.29 is 9.53 Å². The molecule has 0 aliphatic heterocycles. The first-order valence-electron chi connectivity index (χ1n) is 7.86. The molecule has 0 saturated heterocycles. The second kappa shape index (κ2) is 7.74. The molecule has 3 nitrogen and oxygen atoms in total. The number of benzene rings is 1. The van der Waals surface area contributed by atoms with Crippen LogP contribution in [0.5, 0.6) is 0 Å². The Labute approximate surface area is 132 Å². The van der Waals surface area contributed by atoms with E-state index in [4.69, 9.17) is 4.74 Å². The Kier molecular flexibility index (Phi) is 5.70. The quantitative estimate of drug-likeness (QED) is 0.728. The average Bonchev–Trinajstić information content (AvgIpc) is 2.54. The molecule has 0 saturated carbocycles. The zero-order valence-electron chi connectivity index (χ0n) is 13.5. The molecule has 116 valence electrons. The maximum absolute atomic E-state index is 12.3. The van der Waals surface area contributed by atoms with Gasteiger partial charge in [0.2, 0.25) is 0 Å². The lowest BCUT2D eigenvalue weighted by atomic mass is 10.1. The van der Waals surface area contributed by atoms with Gasteiger partial charge < -0.3 is 4.74 Å². The molecule has 0 amide bonds. The summed E-state index contributed by atoms with van der Waals surface area (Å²) in [5.74, 6) is -0.317. The van der Waals surface area contributed by atoms with E-state index in [1.165, 1.54) is 5.56 Å². The summed E-state index contributed by atoms with van der Waals surface area (Å²) >= 11 is 0. The molecule has 1 aromatic heterocycles. The molecule has 22 heavy (non-hydrogen) atoms. The van der Waals surface area contributed by atoms with Crippen LogP contribution in [0.3, 0.4) is 0 Å². The van der Waals surface area contributed by atoms with E-state index in [-0.39, 0.29) is 12.1 Å². The monoisotopic (exact) mass is 297 g/mol. The topological polar surface area (TPSA) is 39.2 Å². The van der Waals surface area contributed by atoms with Crippen molar-refractivity contribution >= 4 is 5.97 Å². The molecule has 1 heterocycles. The zero-order chi connectivity index (χ0) is 15.9. The minimum Gasteiger partial charge on any atom is -0.454 e. The number of pyridine rings is 1. The Bertz CT molecular complexity index is 602. The highest BCUT2D eigenvalue weighted by Crippen LogP contribution is 2.23. The smallest absolute Gasteiger partial charge is 0.340 e. The van der Waals surface area contributed by atoms with Crippen molar-refractivity contribution in [2.24, 2.45) is 0 Å². The summed E-state index contributed by atoms with van der Waals surface area (Å²) in [5, 5.41) is 0. The second-order valence-electron chi connectivity index (χ2n) is 5.50. The van der Waals surface area contributed by atoms with Crippen molar-refractivity contribution in [3.8, 4) is 0 Å². The molecule has 1 unspecified atom stereocenters. The van der Waals surface area contributed by atoms with Crippen LogP contribution in [0.15, 0.2) is 42.6 Å². The average molecular weight is 297 g/mol. The molecule has 1 aromatic carbocycles. The number of hydrogen-bond acceptors (Lipinski definition) is 3. The molecule has 0 bridgehead atoms. The maximum Gasteiger partial charge on any atom is 0.340 e. The van der Waals surface area contributed by atoms with Crippen LogP contribution in [0.25, 0.3) is 0 Å². The predicted molar refractivity (Wildman–Crippen MR) is 87.9 cm³/mol. The van der Waals surface area contributed by atoms with Gasteiger partial charge in [-0.2, -0.15) is 0 Å². The van der Waals surface area contributed by atoms with E-state index in [1.807, 2.05) is 44.2 Å². The number of ether oxygens (including phenoxy) is 1. The van der Waals surface area contributed by atoms with E-state index < -0.39 is 0 Å². The third-order valence-corrected chi connectivity index (χ3v) is 3.64. The van der Waals surface area contributed by atoms with Gasteiger partial charge in [0, 0.05) is 11.9 Å². The largest absolute Gasteiger partial charge is 0.454 e. The highest BCUT2D eigenvalue weighted by atomic mass is 16.5. The number of carbonyl (C=O) groups excluding carboxylic acids is 1. The Morgan fingerprint density at radius 1 is 1.14 bits per heavy atom. The van der Waals surface area contributed by atoms with Gasteiger partial charge in [-0.25, -0.2) is 4.79 Å². The summed E-state index contributed by atoms with van der Waals surface area (Å²) in [6.45, 7) is 6.16. The van der Waals surface area contributed by atoms with Crippen LogP contribution >= 0.6 is 0 Å². The fourth-order valence-corrected chi connectivity index (χ4v) is 2.31. The van der Waals surface area contributed by atoms with Crippen LogP contribution in [0.1, 0.15) is 60.0 Å². The Morgan fingerprint density at radius 2 is 1.86 bits per heavy atom. The molecular formula is C19H23NO2. The first-order valence-corrected chi connectivity index (χ1v) is 7.86. The normalized spacial score (nSPS) is 12.0. The van der Waals surface area contributed by atoms with Gasteiger partial charge in [0.25, 0.3) is 0 Å². The van der Waals surface area contributed by atoms with Crippen LogP contribution < -0.4 is 0 Å². The van der Waals surface area contributed by atoms with E-state index >= 15 is 0 Å². The molecular weight excluding hydrogens is 274 g/mol. The van der Waals surface area contributed by atoms with Crippen molar-refractivity contribution in [3.05, 3.63) is 65.0 Å². The molecule has 0 N–H and O–H groups in total. The van der Waals surface area contributed by atoms with Gasteiger partial charge >= 0.3 is 5.97 Å². The third-order valence-electron chi connectivity index (χ3n) is 3.64. The zero-order valence-corrected chi connectivity index (χ0v) is 13.5. The molecule has 0 radical (unpaired) electrons. The SMILES string of the molecule is CCCc1ccc(C(=O)OC(CC)c2ccc(C)cc2)cn1. The lowest BCUT2D eigenvalue weighted by Crippen LogP contribution is -2.11. The summed E-state index contributed by atoms with van der Waals surface area (Å²) in [7, 11) is 0. The Balaban J connectivity index is 2.06. The van der Waals surface area contributed by atoms with Gasteiger partial charge in [-0.15, -0.1) is 0 Å². The lowest BCUT2D eigenvalue weighted by molar-refractivity contribution is 0.0287. The summed E-state index contributed by atoms with van der Waals surface area (Å²) in [6, 6.07) is 11.8. The number of nitrogens with zero attached hydrogens (tertiary/aromatic N) is 1. The van der Waals surface area contributed by atoms with Crippen molar-refractivity contribution in [1.82, 2.24) is 4.98 Å². The van der Waals surface area contributed by atoms with E-state index in [0.717, 1.165) is 30.5 Å². The first kappa shape index (κ1) is 16.2. The van der Waals surface area contributed by atoms with Crippen molar-refractivity contribution in [2.45, 2.75) is 46.1 Å². The molecule has 3 heteroatoms. The van der Waals surface area contributed by atoms with Gasteiger partial charge in [0.15, 0.2) is 0 Å². The molecule has 0 fully saturated rings. The fraction of sp³-hybridized carbons (Fsp3) is 0.368. The predicted octanol–water partition coefficient (Wildman–Crippen LogP) is 4.65. The second-order valence-corrected chi connectivity index (χ2v) is 5.50. The van der Waals surface area contributed by atoms with Gasteiger partial charge in [0.1, 0.15) is 6.10 Å². The highest BCUT2D eigenvalue weighted by Gasteiger charge is 2.16. The number of esters is 1. The van der Waals surface area contributed by atoms with E-state index in [9.17, 15) is 4.79 Å². The Morgan fingerprint density at radius 3 is 2.41 bits per heavy atom. The molecule has 0 spiro atoms. The molecule has 2 aromatic rings. The van der Waals surface area contributed by atoms with Crippen LogP contribution in [0, 0.1) is 6.92 Å². The van der Waals surface area contributed by atoms with Crippen LogP contribution in [0.4, 0.5) is 0 Å². The highest BCUT2D eigenvalue weighted by molar-refractivity contribution is 5.89. The number of rotatable bonds is 6. The molecule has 1 atom stereocenters. The lowest BCUT2D eigenvalue weighted by Gasteiger charge is -2.17. The van der Waals surface area contributed by atoms with Crippen molar-refractivity contribution in [2.75, 3.05) is 0 Å². The number of aromatic nitrogens is 1. The summed E-state index contributed by atoms with van der Waals surface area (Å²) < 4.78 is 5.63. The standard InChI is InChI=1S/C19H23NO2/c1-4-6-17-12-11-16(13-20-17)19(21)22-18(5-2)15-9-7-14(3)8-10-15/h7-13,18H,4-6H2,1-3H3. The van der Waals surface area contributed by atoms with Crippen molar-refractivity contribution in [3.63, 3.8) is 0 Å². The van der Waals surface area contributed by atoms with E-state index in [0.29, 0.717) is 5.56 Å². The molecule has 2 rings (SSSR count). The summed E-state index contributed by atoms with van der Waals surface area (Å²) in [4.78, 5) is 16.6. The van der Waals surface area contributed by atoms with Gasteiger partial charge in [-0.1, -0.05) is 50.1 Å². The minimum absolute atomic E-state index is 0.219. The first-order chi connectivity index (χ1) is 10.6. The van der Waals surface area contributed by atoms with Crippen LogP contribution in [0.2, 0.25) is 0 Å². The Hall–Kier alpha value is -2.16. The third kappa shape index (κ3) is 4.17. The number of hydrogen-bond donors (Lipinski definition) is 0. The summed E-state index contributed by atoms with van der Waals surface area (Å²) in [5.41, 5.74) is 3.73. The van der Waals surface area contributed by atoms with E-state index in [2.05, 4.69) is 11.9 Å². The van der Waals surface area contributed by atoms with Gasteiger partial charge in [-0.05, 0) is 37.5 Å². The van der Waals surface area contributed by atoms with Crippen LogP contribution in [-0.2, 0) is 11.2 Å². The minimum atomic E-state index is -0.317. The number of carbonyl (C=O) groups is 1. The summed E-state index contributed by atoms with van der Waals surface area (Å²) in [6.07, 6.45) is 4.10. The molecule has 0 aliphatic rings. The molecule has 0 aliphatic carbocycles. The van der Waals surface area contributed by atoms with Gasteiger partial charge in [0.05, 0.1) is 5.56 Å².